The van der Waals surface area contributed by atoms with Crippen molar-refractivity contribution in [2.24, 2.45) is 0 Å². The summed E-state index contributed by atoms with van der Waals surface area (Å²) >= 11 is 1.59. The first kappa shape index (κ1) is 16.4. The van der Waals surface area contributed by atoms with Crippen LogP contribution in [0, 0.1) is 13.8 Å². The van der Waals surface area contributed by atoms with Gasteiger partial charge in [0, 0.05) is 17.9 Å². The normalized spacial score (nSPS) is 19.6. The van der Waals surface area contributed by atoms with E-state index in [4.69, 9.17) is 4.52 Å². The summed E-state index contributed by atoms with van der Waals surface area (Å²) in [5, 5.41) is 13.4. The molecule has 1 atom stereocenters. The molecule has 2 rings (SSSR count). The smallest absolute Gasteiger partial charge is 0.232 e. The fourth-order valence-corrected chi connectivity index (χ4v) is 3.79. The Labute approximate surface area is 130 Å². The summed E-state index contributed by atoms with van der Waals surface area (Å²) in [5.74, 6) is 2.15. The number of aryl methyl sites for hydroxylation is 2. The van der Waals surface area contributed by atoms with Crippen LogP contribution in [-0.2, 0) is 10.5 Å². The molecule has 2 heterocycles. The molecule has 1 aliphatic heterocycles. The van der Waals surface area contributed by atoms with Crippen molar-refractivity contribution in [3.63, 3.8) is 0 Å². The van der Waals surface area contributed by atoms with E-state index in [1.165, 1.54) is 0 Å². The standard InChI is InChI=1S/C15H24N2O3S/c1-11-14(12(2)20-16-11)9-21-10-15(19)17-7-5-3-4-6-13(17)8-18/h13,18H,3-10H2,1-2H3. The predicted molar refractivity (Wildman–Crippen MR) is 83.2 cm³/mol. The van der Waals surface area contributed by atoms with Gasteiger partial charge in [-0.05, 0) is 26.7 Å². The second-order valence-electron chi connectivity index (χ2n) is 5.57. The highest BCUT2D eigenvalue weighted by atomic mass is 32.2. The monoisotopic (exact) mass is 312 g/mol. The van der Waals surface area contributed by atoms with Crippen molar-refractivity contribution >= 4 is 17.7 Å². The number of aliphatic hydroxyl groups is 1. The SMILES string of the molecule is Cc1noc(C)c1CSCC(=O)N1CCCCCC1CO. The highest BCUT2D eigenvalue weighted by Gasteiger charge is 2.24. The zero-order chi connectivity index (χ0) is 15.2. The van der Waals surface area contributed by atoms with Crippen LogP contribution in [0.25, 0.3) is 0 Å². The van der Waals surface area contributed by atoms with Gasteiger partial charge < -0.3 is 14.5 Å². The summed E-state index contributed by atoms with van der Waals surface area (Å²) in [6, 6.07) is -0.000311. The number of rotatable bonds is 5. The highest BCUT2D eigenvalue weighted by Crippen LogP contribution is 2.22. The van der Waals surface area contributed by atoms with Crippen molar-refractivity contribution in [1.82, 2.24) is 10.1 Å². The first-order chi connectivity index (χ1) is 10.1. The van der Waals surface area contributed by atoms with Crippen molar-refractivity contribution in [2.45, 2.75) is 51.3 Å². The van der Waals surface area contributed by atoms with Crippen molar-refractivity contribution in [3.8, 4) is 0 Å². The van der Waals surface area contributed by atoms with Crippen LogP contribution in [0.5, 0.6) is 0 Å². The summed E-state index contributed by atoms with van der Waals surface area (Å²) in [6.45, 7) is 4.66. The number of aliphatic hydroxyl groups excluding tert-OH is 1. The lowest BCUT2D eigenvalue weighted by Gasteiger charge is -2.28. The molecule has 1 aromatic rings. The van der Waals surface area contributed by atoms with Gasteiger partial charge in [-0.15, -0.1) is 11.8 Å². The summed E-state index contributed by atoms with van der Waals surface area (Å²) < 4.78 is 5.13. The molecular weight excluding hydrogens is 288 g/mol. The molecule has 0 spiro atoms. The lowest BCUT2D eigenvalue weighted by atomic mass is 10.1. The van der Waals surface area contributed by atoms with E-state index in [0.29, 0.717) is 5.75 Å². The summed E-state index contributed by atoms with van der Waals surface area (Å²) in [5.41, 5.74) is 1.98. The Morgan fingerprint density at radius 3 is 2.90 bits per heavy atom. The van der Waals surface area contributed by atoms with Crippen LogP contribution >= 0.6 is 11.8 Å². The van der Waals surface area contributed by atoms with Gasteiger partial charge in [0.25, 0.3) is 0 Å². The molecule has 0 aliphatic carbocycles. The third-order valence-corrected chi connectivity index (χ3v) is 5.01. The minimum Gasteiger partial charge on any atom is -0.394 e. The van der Waals surface area contributed by atoms with Crippen molar-refractivity contribution < 1.29 is 14.4 Å². The number of carbonyl (C=O) groups is 1. The molecule has 118 valence electrons. The minimum absolute atomic E-state index is 0.000311. The van der Waals surface area contributed by atoms with Crippen LogP contribution in [0.2, 0.25) is 0 Å². The van der Waals surface area contributed by atoms with Gasteiger partial charge in [0.1, 0.15) is 5.76 Å². The van der Waals surface area contributed by atoms with E-state index in [1.807, 2.05) is 18.7 Å². The van der Waals surface area contributed by atoms with E-state index in [-0.39, 0.29) is 18.6 Å². The summed E-state index contributed by atoms with van der Waals surface area (Å²) in [6.07, 6.45) is 4.20. The minimum atomic E-state index is -0.000311. The van der Waals surface area contributed by atoms with Crippen LogP contribution in [0.4, 0.5) is 0 Å². The Morgan fingerprint density at radius 2 is 2.24 bits per heavy atom. The van der Waals surface area contributed by atoms with Gasteiger partial charge in [0.05, 0.1) is 24.1 Å². The molecule has 1 aliphatic rings. The second-order valence-corrected chi connectivity index (χ2v) is 6.55. The zero-order valence-corrected chi connectivity index (χ0v) is 13.6. The molecule has 0 saturated carbocycles. The second kappa shape index (κ2) is 7.84. The van der Waals surface area contributed by atoms with E-state index in [9.17, 15) is 9.90 Å². The number of nitrogens with zero attached hydrogens (tertiary/aromatic N) is 2. The van der Waals surface area contributed by atoms with Crippen molar-refractivity contribution in [3.05, 3.63) is 17.0 Å². The Bertz CT molecular complexity index is 456. The van der Waals surface area contributed by atoms with Gasteiger partial charge >= 0.3 is 0 Å². The maximum atomic E-state index is 12.4. The molecular formula is C15H24N2O3S. The lowest BCUT2D eigenvalue weighted by molar-refractivity contribution is -0.131. The molecule has 1 amide bonds. The number of thioether (sulfide) groups is 1. The molecule has 1 fully saturated rings. The first-order valence-corrected chi connectivity index (χ1v) is 8.68. The number of hydrogen-bond donors (Lipinski definition) is 1. The lowest BCUT2D eigenvalue weighted by Crippen LogP contribution is -2.43. The maximum Gasteiger partial charge on any atom is 0.232 e. The molecule has 1 saturated heterocycles. The average Bonchev–Trinajstić information content (AvgIpc) is 2.71. The molecule has 0 radical (unpaired) electrons. The van der Waals surface area contributed by atoms with Gasteiger partial charge in [0.15, 0.2) is 0 Å². The topological polar surface area (TPSA) is 66.6 Å². The quantitative estimate of drug-likeness (QED) is 0.903. The summed E-state index contributed by atoms with van der Waals surface area (Å²) in [7, 11) is 0. The Balaban J connectivity index is 1.85. The van der Waals surface area contributed by atoms with Crippen LogP contribution < -0.4 is 0 Å². The molecule has 0 aromatic carbocycles. The van der Waals surface area contributed by atoms with E-state index < -0.39 is 0 Å². The van der Waals surface area contributed by atoms with E-state index in [0.717, 1.165) is 55.0 Å². The fourth-order valence-electron chi connectivity index (χ4n) is 2.73. The third kappa shape index (κ3) is 4.23. The predicted octanol–water partition coefficient (Wildman–Crippen LogP) is 2.29. The van der Waals surface area contributed by atoms with E-state index >= 15 is 0 Å². The molecule has 6 heteroatoms. The van der Waals surface area contributed by atoms with Crippen molar-refractivity contribution in [2.75, 3.05) is 18.9 Å². The van der Waals surface area contributed by atoms with Crippen LogP contribution in [0.1, 0.15) is 42.7 Å². The maximum absolute atomic E-state index is 12.4. The zero-order valence-electron chi connectivity index (χ0n) is 12.8. The number of likely N-dealkylation sites (tertiary alicyclic amines) is 1. The third-order valence-electron chi connectivity index (χ3n) is 4.06. The number of aromatic nitrogens is 1. The largest absolute Gasteiger partial charge is 0.394 e. The van der Waals surface area contributed by atoms with E-state index in [2.05, 4.69) is 5.16 Å². The molecule has 5 nitrogen and oxygen atoms in total. The molecule has 0 bridgehead atoms. The first-order valence-electron chi connectivity index (χ1n) is 7.53. The molecule has 1 aromatic heterocycles. The number of amides is 1. The van der Waals surface area contributed by atoms with Gasteiger partial charge in [-0.25, -0.2) is 0 Å². The number of carbonyl (C=O) groups excluding carboxylic acids is 1. The van der Waals surface area contributed by atoms with Gasteiger partial charge in [-0.2, -0.15) is 0 Å². The van der Waals surface area contributed by atoms with Crippen molar-refractivity contribution in [1.29, 1.82) is 0 Å². The van der Waals surface area contributed by atoms with Gasteiger partial charge in [-0.1, -0.05) is 18.0 Å². The van der Waals surface area contributed by atoms with Crippen LogP contribution in [-0.4, -0.2) is 46.0 Å². The molecule has 21 heavy (non-hydrogen) atoms. The van der Waals surface area contributed by atoms with Gasteiger partial charge in [0.2, 0.25) is 5.91 Å². The fraction of sp³-hybridized carbons (Fsp3) is 0.733. The Kier molecular flexibility index (Phi) is 6.11. The summed E-state index contributed by atoms with van der Waals surface area (Å²) in [4.78, 5) is 14.2. The number of hydrogen-bond acceptors (Lipinski definition) is 5. The van der Waals surface area contributed by atoms with E-state index in [1.54, 1.807) is 11.8 Å². The highest BCUT2D eigenvalue weighted by molar-refractivity contribution is 7.99. The Hall–Kier alpha value is -1.01. The van der Waals surface area contributed by atoms with Crippen LogP contribution in [0.15, 0.2) is 4.52 Å². The van der Waals surface area contributed by atoms with Crippen LogP contribution in [0.3, 0.4) is 0 Å². The molecule has 1 unspecified atom stereocenters. The van der Waals surface area contributed by atoms with Gasteiger partial charge in [-0.3, -0.25) is 4.79 Å². The Morgan fingerprint density at radius 1 is 1.43 bits per heavy atom. The molecule has 1 N–H and O–H groups in total. The average molecular weight is 312 g/mol.